The van der Waals surface area contributed by atoms with E-state index in [2.05, 4.69) is 6.92 Å². The SMILES string of the molecule is CC1COC1.N. The van der Waals surface area contributed by atoms with E-state index in [-0.39, 0.29) is 6.15 Å². The lowest BCUT2D eigenvalue weighted by Gasteiger charge is -2.20. The molecule has 0 atom stereocenters. The molecule has 1 rings (SSSR count). The predicted octanol–water partition coefficient (Wildman–Crippen LogP) is 0.815. The van der Waals surface area contributed by atoms with E-state index < -0.39 is 0 Å². The van der Waals surface area contributed by atoms with E-state index in [1.807, 2.05) is 0 Å². The van der Waals surface area contributed by atoms with Crippen molar-refractivity contribution in [3.63, 3.8) is 0 Å². The first kappa shape index (κ1) is 5.92. The summed E-state index contributed by atoms with van der Waals surface area (Å²) < 4.78 is 4.83. The Kier molecular flexibility index (Phi) is 2.13. The van der Waals surface area contributed by atoms with E-state index in [4.69, 9.17) is 4.74 Å². The maximum atomic E-state index is 4.83. The van der Waals surface area contributed by atoms with Crippen molar-refractivity contribution in [1.29, 1.82) is 0 Å². The fraction of sp³-hybridized carbons (Fsp3) is 1.00. The smallest absolute Gasteiger partial charge is 0.0513 e. The van der Waals surface area contributed by atoms with Crippen LogP contribution in [0.4, 0.5) is 0 Å². The van der Waals surface area contributed by atoms with Gasteiger partial charge in [0.05, 0.1) is 13.2 Å². The molecule has 0 bridgehead atoms. The molecule has 0 amide bonds. The number of rotatable bonds is 0. The first-order chi connectivity index (χ1) is 2.39. The second kappa shape index (κ2) is 2.16. The van der Waals surface area contributed by atoms with Crippen LogP contribution in [0, 0.1) is 5.92 Å². The van der Waals surface area contributed by atoms with Crippen LogP contribution in [0.25, 0.3) is 0 Å². The predicted molar refractivity (Wildman–Crippen MR) is 25.0 cm³/mol. The average molecular weight is 89.1 g/mol. The summed E-state index contributed by atoms with van der Waals surface area (Å²) in [6.07, 6.45) is 0. The van der Waals surface area contributed by atoms with Crippen molar-refractivity contribution in [2.45, 2.75) is 6.92 Å². The Hall–Kier alpha value is -0.0800. The molecule has 2 nitrogen and oxygen atoms in total. The van der Waals surface area contributed by atoms with Crippen LogP contribution in [0.5, 0.6) is 0 Å². The van der Waals surface area contributed by atoms with Crippen molar-refractivity contribution in [1.82, 2.24) is 6.15 Å². The summed E-state index contributed by atoms with van der Waals surface area (Å²) in [5.74, 6) is 0.843. The standard InChI is InChI=1S/C4H8O.H3N/c1-4-2-5-3-4;/h4H,2-3H2,1H3;1H3. The van der Waals surface area contributed by atoms with Gasteiger partial charge in [-0.25, -0.2) is 0 Å². The van der Waals surface area contributed by atoms with Gasteiger partial charge in [-0.3, -0.25) is 0 Å². The average Bonchev–Trinajstić information content (AvgIpc) is 1.30. The molecular weight excluding hydrogens is 78.1 g/mol. The molecule has 0 saturated carbocycles. The zero-order valence-corrected chi connectivity index (χ0v) is 4.11. The molecule has 0 aromatic carbocycles. The highest BCUT2D eigenvalue weighted by molar-refractivity contribution is 4.56. The van der Waals surface area contributed by atoms with E-state index >= 15 is 0 Å². The lowest BCUT2D eigenvalue weighted by atomic mass is 10.2. The third kappa shape index (κ3) is 0.954. The minimum absolute atomic E-state index is 0. The summed E-state index contributed by atoms with van der Waals surface area (Å²) >= 11 is 0. The van der Waals surface area contributed by atoms with Gasteiger partial charge in [-0.2, -0.15) is 0 Å². The van der Waals surface area contributed by atoms with Crippen LogP contribution >= 0.6 is 0 Å². The topological polar surface area (TPSA) is 44.2 Å². The Morgan fingerprint density at radius 1 is 1.50 bits per heavy atom. The first-order valence-corrected chi connectivity index (χ1v) is 1.97. The van der Waals surface area contributed by atoms with Gasteiger partial charge in [-0.1, -0.05) is 6.92 Å². The minimum Gasteiger partial charge on any atom is -0.381 e. The maximum Gasteiger partial charge on any atom is 0.0513 e. The van der Waals surface area contributed by atoms with Gasteiger partial charge < -0.3 is 10.9 Å². The van der Waals surface area contributed by atoms with Gasteiger partial charge in [0.2, 0.25) is 0 Å². The molecule has 0 unspecified atom stereocenters. The van der Waals surface area contributed by atoms with Gasteiger partial charge in [0.25, 0.3) is 0 Å². The third-order valence-corrected chi connectivity index (χ3v) is 0.805. The Balaban J connectivity index is 0.000000250. The quantitative estimate of drug-likeness (QED) is 0.477. The normalized spacial score (nSPS) is 21.5. The highest BCUT2D eigenvalue weighted by Gasteiger charge is 2.09. The van der Waals surface area contributed by atoms with Gasteiger partial charge in [-0.15, -0.1) is 0 Å². The summed E-state index contributed by atoms with van der Waals surface area (Å²) in [5, 5.41) is 0. The van der Waals surface area contributed by atoms with E-state index in [0.29, 0.717) is 0 Å². The Morgan fingerprint density at radius 2 is 1.83 bits per heavy atom. The molecule has 0 aliphatic carbocycles. The van der Waals surface area contributed by atoms with Crippen LogP contribution in [0.2, 0.25) is 0 Å². The number of ether oxygens (including phenoxy) is 1. The first-order valence-electron chi connectivity index (χ1n) is 1.97. The molecule has 0 aromatic heterocycles. The summed E-state index contributed by atoms with van der Waals surface area (Å²) in [6.45, 7) is 4.16. The minimum atomic E-state index is 0. The largest absolute Gasteiger partial charge is 0.381 e. The molecular formula is C4H11NO. The molecule has 2 heteroatoms. The van der Waals surface area contributed by atoms with Crippen LogP contribution in [0.1, 0.15) is 6.92 Å². The van der Waals surface area contributed by atoms with E-state index in [0.717, 1.165) is 19.1 Å². The third-order valence-electron chi connectivity index (χ3n) is 0.805. The molecule has 6 heavy (non-hydrogen) atoms. The molecule has 0 radical (unpaired) electrons. The summed E-state index contributed by atoms with van der Waals surface area (Å²) in [7, 11) is 0. The maximum absolute atomic E-state index is 4.83. The molecule has 1 aliphatic heterocycles. The van der Waals surface area contributed by atoms with E-state index in [9.17, 15) is 0 Å². The van der Waals surface area contributed by atoms with Gasteiger partial charge in [0.15, 0.2) is 0 Å². The molecule has 1 saturated heterocycles. The Bertz CT molecular complexity index is 34.5. The van der Waals surface area contributed by atoms with Crippen LogP contribution in [0.3, 0.4) is 0 Å². The second-order valence-electron chi connectivity index (χ2n) is 1.64. The molecule has 0 spiro atoms. The van der Waals surface area contributed by atoms with E-state index in [1.165, 1.54) is 0 Å². The Morgan fingerprint density at radius 3 is 1.83 bits per heavy atom. The van der Waals surface area contributed by atoms with Crippen LogP contribution in [0.15, 0.2) is 0 Å². The lowest BCUT2D eigenvalue weighted by Crippen LogP contribution is -2.23. The van der Waals surface area contributed by atoms with Crippen molar-refractivity contribution in [2.24, 2.45) is 5.92 Å². The van der Waals surface area contributed by atoms with Crippen molar-refractivity contribution in [2.75, 3.05) is 13.2 Å². The van der Waals surface area contributed by atoms with E-state index in [1.54, 1.807) is 0 Å². The monoisotopic (exact) mass is 89.1 g/mol. The molecule has 1 heterocycles. The number of hydrogen-bond acceptors (Lipinski definition) is 2. The van der Waals surface area contributed by atoms with Crippen LogP contribution in [-0.4, -0.2) is 13.2 Å². The van der Waals surface area contributed by atoms with Gasteiger partial charge >= 0.3 is 0 Å². The van der Waals surface area contributed by atoms with Crippen LogP contribution < -0.4 is 6.15 Å². The van der Waals surface area contributed by atoms with Crippen molar-refractivity contribution in [3.05, 3.63) is 0 Å². The van der Waals surface area contributed by atoms with Crippen molar-refractivity contribution >= 4 is 0 Å². The van der Waals surface area contributed by atoms with Crippen LogP contribution in [-0.2, 0) is 4.74 Å². The second-order valence-corrected chi connectivity index (χ2v) is 1.64. The van der Waals surface area contributed by atoms with Gasteiger partial charge in [-0.05, 0) is 0 Å². The fourth-order valence-corrected chi connectivity index (χ4v) is 0.354. The zero-order chi connectivity index (χ0) is 3.70. The molecule has 1 aliphatic rings. The molecule has 1 fully saturated rings. The fourth-order valence-electron chi connectivity index (χ4n) is 0.354. The Labute approximate surface area is 38.1 Å². The highest BCUT2D eigenvalue weighted by atomic mass is 16.5. The van der Waals surface area contributed by atoms with Crippen molar-refractivity contribution < 1.29 is 4.74 Å². The summed E-state index contributed by atoms with van der Waals surface area (Å²) in [4.78, 5) is 0. The zero-order valence-electron chi connectivity index (χ0n) is 4.11. The summed E-state index contributed by atoms with van der Waals surface area (Å²) in [6, 6.07) is 0. The molecule has 38 valence electrons. The summed E-state index contributed by atoms with van der Waals surface area (Å²) in [5.41, 5.74) is 0. The van der Waals surface area contributed by atoms with Gasteiger partial charge in [0.1, 0.15) is 0 Å². The van der Waals surface area contributed by atoms with Crippen molar-refractivity contribution in [3.8, 4) is 0 Å². The highest BCUT2D eigenvalue weighted by Crippen LogP contribution is 2.05. The molecule has 3 N–H and O–H groups in total. The molecule has 0 aromatic rings. The number of hydrogen-bond donors (Lipinski definition) is 1. The van der Waals surface area contributed by atoms with Gasteiger partial charge in [0, 0.05) is 5.92 Å². The lowest BCUT2D eigenvalue weighted by molar-refractivity contribution is -0.0221.